The van der Waals surface area contributed by atoms with Crippen molar-refractivity contribution in [3.8, 4) is 0 Å². The van der Waals surface area contributed by atoms with Crippen molar-refractivity contribution in [1.82, 2.24) is 9.47 Å². The Labute approximate surface area is 127 Å². The van der Waals surface area contributed by atoms with E-state index in [-0.39, 0.29) is 0 Å². The summed E-state index contributed by atoms with van der Waals surface area (Å²) in [6.07, 6.45) is 3.91. The van der Waals surface area contributed by atoms with E-state index in [1.165, 1.54) is 41.4 Å². The van der Waals surface area contributed by atoms with Gasteiger partial charge in [0.25, 0.3) is 0 Å². The van der Waals surface area contributed by atoms with Gasteiger partial charge in [-0.25, -0.2) is 0 Å². The zero-order chi connectivity index (χ0) is 15.0. The Hall–Kier alpha value is -1.32. The van der Waals surface area contributed by atoms with E-state index in [0.29, 0.717) is 12.0 Å². The van der Waals surface area contributed by atoms with Crippen LogP contribution in [-0.2, 0) is 13.6 Å². The fourth-order valence-electron chi connectivity index (χ4n) is 4.09. The molecular weight excluding hydrogens is 258 g/mol. The number of hydrogen-bond acceptors (Lipinski definition) is 2. The Morgan fingerprint density at radius 2 is 2.05 bits per heavy atom. The normalized spacial score (nSPS) is 22.5. The van der Waals surface area contributed by atoms with E-state index in [0.717, 1.165) is 13.1 Å². The van der Waals surface area contributed by atoms with Gasteiger partial charge in [0, 0.05) is 36.2 Å². The van der Waals surface area contributed by atoms with Gasteiger partial charge in [0.05, 0.1) is 0 Å². The van der Waals surface area contributed by atoms with Crippen molar-refractivity contribution in [2.45, 2.75) is 38.8 Å². The lowest BCUT2D eigenvalue weighted by Gasteiger charge is -2.29. The number of aromatic nitrogens is 1. The standard InChI is InChI=1S/C18H27N3/c1-13-15-8-4-5-9-17(15)21(3)18(13)12-20(2)16-10-6-7-14(16)11-19/h4-5,8-9,14,16H,6-7,10-12,19H2,1-3H3. The SMILES string of the molecule is Cc1c(CN(C)C2CCCC2CN)n(C)c2ccccc12. The third kappa shape index (κ3) is 2.49. The molecular formula is C18H27N3. The Morgan fingerprint density at radius 3 is 2.76 bits per heavy atom. The number of nitrogens with two attached hydrogens (primary N) is 1. The molecule has 1 aliphatic rings. The number of rotatable bonds is 4. The number of benzene rings is 1. The van der Waals surface area contributed by atoms with Gasteiger partial charge in [0.2, 0.25) is 0 Å². The molecule has 0 radical (unpaired) electrons. The molecule has 3 heteroatoms. The van der Waals surface area contributed by atoms with Crippen molar-refractivity contribution in [2.75, 3.05) is 13.6 Å². The first-order valence-electron chi connectivity index (χ1n) is 8.06. The molecule has 2 unspecified atom stereocenters. The van der Waals surface area contributed by atoms with Gasteiger partial charge >= 0.3 is 0 Å². The van der Waals surface area contributed by atoms with Crippen molar-refractivity contribution in [2.24, 2.45) is 18.7 Å². The van der Waals surface area contributed by atoms with Crippen LogP contribution in [0.4, 0.5) is 0 Å². The molecule has 114 valence electrons. The summed E-state index contributed by atoms with van der Waals surface area (Å²) in [5, 5.41) is 1.38. The third-order valence-corrected chi connectivity index (χ3v) is 5.39. The molecule has 2 atom stereocenters. The van der Waals surface area contributed by atoms with Crippen LogP contribution in [0.2, 0.25) is 0 Å². The topological polar surface area (TPSA) is 34.2 Å². The molecule has 0 spiro atoms. The summed E-state index contributed by atoms with van der Waals surface area (Å²) in [5.41, 5.74) is 10.1. The second-order valence-corrected chi connectivity index (χ2v) is 6.56. The van der Waals surface area contributed by atoms with Crippen molar-refractivity contribution >= 4 is 10.9 Å². The van der Waals surface area contributed by atoms with Gasteiger partial charge in [0.1, 0.15) is 0 Å². The minimum Gasteiger partial charge on any atom is -0.346 e. The zero-order valence-electron chi connectivity index (χ0n) is 13.5. The molecule has 0 bridgehead atoms. The summed E-state index contributed by atoms with van der Waals surface area (Å²) in [6.45, 7) is 4.09. The molecule has 2 N–H and O–H groups in total. The molecule has 3 nitrogen and oxygen atoms in total. The van der Waals surface area contributed by atoms with E-state index in [4.69, 9.17) is 5.73 Å². The Morgan fingerprint density at radius 1 is 1.29 bits per heavy atom. The van der Waals surface area contributed by atoms with Crippen LogP contribution in [0.5, 0.6) is 0 Å². The second-order valence-electron chi connectivity index (χ2n) is 6.56. The average Bonchev–Trinajstić information content (AvgIpc) is 3.07. The maximum Gasteiger partial charge on any atom is 0.0483 e. The predicted molar refractivity (Wildman–Crippen MR) is 89.3 cm³/mol. The molecule has 0 saturated heterocycles. The van der Waals surface area contributed by atoms with Crippen LogP contribution in [0.3, 0.4) is 0 Å². The Balaban J connectivity index is 1.88. The summed E-state index contributed by atoms with van der Waals surface area (Å²) < 4.78 is 2.35. The minimum atomic E-state index is 0.646. The predicted octanol–water partition coefficient (Wildman–Crippen LogP) is 3.05. The number of aryl methyl sites for hydroxylation is 2. The summed E-state index contributed by atoms with van der Waals surface area (Å²) >= 11 is 0. The second kappa shape index (κ2) is 5.82. The van der Waals surface area contributed by atoms with E-state index in [1.54, 1.807) is 0 Å². The molecule has 0 aliphatic heterocycles. The lowest BCUT2D eigenvalue weighted by Crippen LogP contribution is -2.37. The largest absolute Gasteiger partial charge is 0.346 e. The molecule has 1 aromatic heterocycles. The molecule has 21 heavy (non-hydrogen) atoms. The quantitative estimate of drug-likeness (QED) is 0.937. The maximum absolute atomic E-state index is 5.94. The van der Waals surface area contributed by atoms with Crippen LogP contribution >= 0.6 is 0 Å². The van der Waals surface area contributed by atoms with Gasteiger partial charge in [-0.2, -0.15) is 0 Å². The number of hydrogen-bond donors (Lipinski definition) is 1. The van der Waals surface area contributed by atoms with Crippen molar-refractivity contribution in [1.29, 1.82) is 0 Å². The first-order chi connectivity index (χ1) is 10.1. The van der Waals surface area contributed by atoms with Crippen molar-refractivity contribution in [3.63, 3.8) is 0 Å². The lowest BCUT2D eigenvalue weighted by molar-refractivity contribution is 0.189. The van der Waals surface area contributed by atoms with Crippen molar-refractivity contribution in [3.05, 3.63) is 35.5 Å². The van der Waals surface area contributed by atoms with Gasteiger partial charge in [-0.3, -0.25) is 4.90 Å². The first kappa shape index (κ1) is 14.6. The molecule has 1 aliphatic carbocycles. The smallest absolute Gasteiger partial charge is 0.0483 e. The average molecular weight is 285 g/mol. The molecule has 1 heterocycles. The third-order valence-electron chi connectivity index (χ3n) is 5.39. The van der Waals surface area contributed by atoms with Crippen LogP contribution in [-0.4, -0.2) is 29.1 Å². The van der Waals surface area contributed by atoms with Gasteiger partial charge in [-0.05, 0) is 50.9 Å². The van der Waals surface area contributed by atoms with E-state index in [2.05, 4.69) is 54.8 Å². The van der Waals surface area contributed by atoms with Gasteiger partial charge < -0.3 is 10.3 Å². The maximum atomic E-state index is 5.94. The zero-order valence-corrected chi connectivity index (χ0v) is 13.5. The molecule has 3 rings (SSSR count). The van der Waals surface area contributed by atoms with Crippen molar-refractivity contribution < 1.29 is 0 Å². The van der Waals surface area contributed by atoms with E-state index in [9.17, 15) is 0 Å². The highest BCUT2D eigenvalue weighted by Crippen LogP contribution is 2.31. The van der Waals surface area contributed by atoms with E-state index >= 15 is 0 Å². The monoisotopic (exact) mass is 285 g/mol. The summed E-state index contributed by atoms with van der Waals surface area (Å²) in [5.74, 6) is 0.671. The number of fused-ring (bicyclic) bond motifs is 1. The fourth-order valence-corrected chi connectivity index (χ4v) is 4.09. The molecule has 1 fully saturated rings. The van der Waals surface area contributed by atoms with E-state index in [1.807, 2.05) is 0 Å². The highest BCUT2D eigenvalue weighted by Gasteiger charge is 2.29. The summed E-state index contributed by atoms with van der Waals surface area (Å²) in [6, 6.07) is 9.34. The fraction of sp³-hybridized carbons (Fsp3) is 0.556. The number of para-hydroxylation sites is 1. The van der Waals surface area contributed by atoms with Crippen LogP contribution in [0.15, 0.2) is 24.3 Å². The van der Waals surface area contributed by atoms with Crippen LogP contribution in [0.1, 0.15) is 30.5 Å². The lowest BCUT2D eigenvalue weighted by atomic mass is 10.0. The molecule has 0 amide bonds. The van der Waals surface area contributed by atoms with Gasteiger partial charge in [-0.15, -0.1) is 0 Å². The minimum absolute atomic E-state index is 0.646. The highest BCUT2D eigenvalue weighted by atomic mass is 15.2. The molecule has 2 aromatic rings. The number of nitrogens with zero attached hydrogens (tertiary/aromatic N) is 2. The van der Waals surface area contributed by atoms with Crippen LogP contribution in [0.25, 0.3) is 10.9 Å². The summed E-state index contributed by atoms with van der Waals surface area (Å²) in [4.78, 5) is 2.52. The Bertz CT molecular complexity index is 590. The molecule has 1 aromatic carbocycles. The van der Waals surface area contributed by atoms with Crippen LogP contribution < -0.4 is 5.73 Å². The van der Waals surface area contributed by atoms with Gasteiger partial charge in [-0.1, -0.05) is 24.6 Å². The molecule has 1 saturated carbocycles. The van der Waals surface area contributed by atoms with Crippen LogP contribution in [0, 0.1) is 12.8 Å². The Kier molecular flexibility index (Phi) is 4.05. The highest BCUT2D eigenvalue weighted by molar-refractivity contribution is 5.85. The summed E-state index contributed by atoms with van der Waals surface area (Å²) in [7, 11) is 4.45. The first-order valence-corrected chi connectivity index (χ1v) is 8.06. The van der Waals surface area contributed by atoms with E-state index < -0.39 is 0 Å². The van der Waals surface area contributed by atoms with Gasteiger partial charge in [0.15, 0.2) is 0 Å².